The highest BCUT2D eigenvalue weighted by Gasteiger charge is 2.72. The normalized spacial score (nSPS) is 26.1. The summed E-state index contributed by atoms with van der Waals surface area (Å²) < 4.78 is 0. The molecule has 2 aliphatic rings. The van der Waals surface area contributed by atoms with Crippen LogP contribution in [-0.2, 0) is 9.59 Å². The molecule has 2 N–H and O–H groups in total. The molecule has 0 aromatic heterocycles. The number of nitrogens with two attached hydrogens (primary N) is 1. The van der Waals surface area contributed by atoms with Crippen molar-refractivity contribution in [1.29, 1.82) is 0 Å². The van der Waals surface area contributed by atoms with Gasteiger partial charge in [0.05, 0.1) is 24.1 Å². The lowest BCUT2D eigenvalue weighted by Crippen LogP contribution is -2.36. The Morgan fingerprint density at radius 2 is 1.80 bits per heavy atom. The predicted octanol–water partition coefficient (Wildman–Crippen LogP) is 1.14. The van der Waals surface area contributed by atoms with Crippen LogP contribution in [0, 0.1) is 29.1 Å². The zero-order valence-electron chi connectivity index (χ0n) is 11.5. The second kappa shape index (κ2) is 4.19. The van der Waals surface area contributed by atoms with Gasteiger partial charge in [0, 0.05) is 5.56 Å². The molecular formula is C16H16N2O2. The van der Waals surface area contributed by atoms with Gasteiger partial charge < -0.3 is 5.73 Å². The Kier molecular flexibility index (Phi) is 2.70. The van der Waals surface area contributed by atoms with Gasteiger partial charge in [-0.2, -0.15) is 0 Å². The van der Waals surface area contributed by atoms with Crippen molar-refractivity contribution in [2.24, 2.45) is 23.0 Å². The second-order valence-corrected chi connectivity index (χ2v) is 5.81. The van der Waals surface area contributed by atoms with Crippen LogP contribution >= 0.6 is 0 Å². The number of fused-ring (bicyclic) bond motifs is 1. The van der Waals surface area contributed by atoms with E-state index in [0.29, 0.717) is 11.3 Å². The number of para-hydroxylation sites is 1. The summed E-state index contributed by atoms with van der Waals surface area (Å²) in [6.45, 7) is 4.18. The first-order chi connectivity index (χ1) is 9.50. The number of anilines is 1. The number of rotatable bonds is 1. The summed E-state index contributed by atoms with van der Waals surface area (Å²) in [7, 11) is 0. The van der Waals surface area contributed by atoms with Crippen LogP contribution < -0.4 is 10.6 Å². The Balaban J connectivity index is 2.00. The highest BCUT2D eigenvalue weighted by molar-refractivity contribution is 6.26. The third-order valence-electron chi connectivity index (χ3n) is 4.27. The molecule has 2 amide bonds. The quantitative estimate of drug-likeness (QED) is 0.613. The van der Waals surface area contributed by atoms with Crippen molar-refractivity contribution in [3.8, 4) is 11.8 Å². The molecule has 4 nitrogen and oxygen atoms in total. The van der Waals surface area contributed by atoms with E-state index < -0.39 is 0 Å². The van der Waals surface area contributed by atoms with E-state index in [-0.39, 0.29) is 35.6 Å². The van der Waals surface area contributed by atoms with Crippen LogP contribution in [0.2, 0.25) is 0 Å². The maximum atomic E-state index is 12.4. The highest BCUT2D eigenvalue weighted by atomic mass is 16.2. The van der Waals surface area contributed by atoms with E-state index in [1.165, 1.54) is 4.90 Å². The minimum Gasteiger partial charge on any atom is -0.320 e. The maximum absolute atomic E-state index is 12.4. The molecule has 1 aliphatic heterocycles. The number of benzene rings is 1. The number of carbonyl (C=O) groups is 2. The van der Waals surface area contributed by atoms with Crippen LogP contribution in [0.25, 0.3) is 0 Å². The molecule has 2 unspecified atom stereocenters. The molecule has 0 radical (unpaired) electrons. The standard InChI is InChI=1S/C16H16N2O2/c1-16(2)12-13(16)15(20)18(14(12)19)11-8-4-3-6-10(11)7-5-9-17/h3-4,6,8,12-13H,9,17H2,1-2H3. The van der Waals surface area contributed by atoms with Crippen LogP contribution in [0.5, 0.6) is 0 Å². The van der Waals surface area contributed by atoms with E-state index >= 15 is 0 Å². The van der Waals surface area contributed by atoms with E-state index in [2.05, 4.69) is 11.8 Å². The molecule has 2 atom stereocenters. The molecule has 4 heteroatoms. The first kappa shape index (κ1) is 12.9. The highest BCUT2D eigenvalue weighted by Crippen LogP contribution is 2.63. The van der Waals surface area contributed by atoms with Gasteiger partial charge in [-0.15, -0.1) is 0 Å². The number of hydrogen-bond acceptors (Lipinski definition) is 3. The van der Waals surface area contributed by atoms with Gasteiger partial charge >= 0.3 is 0 Å². The first-order valence-electron chi connectivity index (χ1n) is 6.66. The largest absolute Gasteiger partial charge is 0.320 e. The first-order valence-corrected chi connectivity index (χ1v) is 6.66. The lowest BCUT2D eigenvalue weighted by Gasteiger charge is -2.21. The molecule has 1 saturated heterocycles. The average Bonchev–Trinajstić information content (AvgIpc) is 2.88. The minimum absolute atomic E-state index is 0.105. The fourth-order valence-electron chi connectivity index (χ4n) is 3.10. The predicted molar refractivity (Wildman–Crippen MR) is 75.6 cm³/mol. The second-order valence-electron chi connectivity index (χ2n) is 5.81. The molecule has 1 aromatic carbocycles. The van der Waals surface area contributed by atoms with E-state index in [0.717, 1.165) is 0 Å². The molecule has 2 fully saturated rings. The Morgan fingerprint density at radius 3 is 2.40 bits per heavy atom. The molecule has 0 bridgehead atoms. The minimum atomic E-state index is -0.192. The molecule has 1 saturated carbocycles. The van der Waals surface area contributed by atoms with Crippen LogP contribution in [0.1, 0.15) is 19.4 Å². The number of imide groups is 1. The third-order valence-corrected chi connectivity index (χ3v) is 4.27. The molecule has 1 heterocycles. The van der Waals surface area contributed by atoms with Gasteiger partial charge in [0.2, 0.25) is 11.8 Å². The van der Waals surface area contributed by atoms with Crippen molar-refractivity contribution in [1.82, 2.24) is 0 Å². The Bertz CT molecular complexity index is 643. The van der Waals surface area contributed by atoms with Crippen LogP contribution in [-0.4, -0.2) is 18.4 Å². The van der Waals surface area contributed by atoms with Crippen molar-refractivity contribution in [3.05, 3.63) is 29.8 Å². The van der Waals surface area contributed by atoms with E-state index in [1.807, 2.05) is 19.9 Å². The van der Waals surface area contributed by atoms with Crippen molar-refractivity contribution in [2.75, 3.05) is 11.4 Å². The van der Waals surface area contributed by atoms with E-state index in [4.69, 9.17) is 5.73 Å². The van der Waals surface area contributed by atoms with E-state index in [1.54, 1.807) is 18.2 Å². The monoisotopic (exact) mass is 268 g/mol. The van der Waals surface area contributed by atoms with Gasteiger partial charge in [-0.25, -0.2) is 4.90 Å². The summed E-state index contributed by atoms with van der Waals surface area (Å²) in [5.41, 5.74) is 6.43. The van der Waals surface area contributed by atoms with E-state index in [9.17, 15) is 9.59 Å². The number of piperidine rings is 1. The SMILES string of the molecule is CC1(C)C2C(=O)N(c3ccccc3C#CCN)C(=O)C21. The topological polar surface area (TPSA) is 63.4 Å². The number of nitrogens with zero attached hydrogens (tertiary/aromatic N) is 1. The molecule has 20 heavy (non-hydrogen) atoms. The van der Waals surface area contributed by atoms with Crippen LogP contribution in [0.4, 0.5) is 5.69 Å². The lowest BCUT2D eigenvalue weighted by atomic mass is 10.0. The fourth-order valence-corrected chi connectivity index (χ4v) is 3.10. The summed E-state index contributed by atoms with van der Waals surface area (Å²) in [5.74, 6) is 5.13. The molecule has 102 valence electrons. The molecule has 1 aliphatic carbocycles. The van der Waals surface area contributed by atoms with Gasteiger partial charge in [-0.3, -0.25) is 9.59 Å². The van der Waals surface area contributed by atoms with Crippen molar-refractivity contribution in [2.45, 2.75) is 13.8 Å². The zero-order valence-corrected chi connectivity index (χ0v) is 11.5. The Morgan fingerprint density at radius 1 is 1.20 bits per heavy atom. The van der Waals surface area contributed by atoms with Crippen molar-refractivity contribution >= 4 is 17.5 Å². The molecule has 3 rings (SSSR count). The molecule has 1 aromatic rings. The summed E-state index contributed by atoms with van der Waals surface area (Å²) in [6.07, 6.45) is 0. The van der Waals surface area contributed by atoms with Gasteiger partial charge in [0.25, 0.3) is 0 Å². The van der Waals surface area contributed by atoms with Gasteiger partial charge in [0.1, 0.15) is 0 Å². The summed E-state index contributed by atoms with van der Waals surface area (Å²) in [4.78, 5) is 26.2. The van der Waals surface area contributed by atoms with Crippen molar-refractivity contribution in [3.63, 3.8) is 0 Å². The number of carbonyl (C=O) groups excluding carboxylic acids is 2. The van der Waals surface area contributed by atoms with Crippen LogP contribution in [0.15, 0.2) is 24.3 Å². The van der Waals surface area contributed by atoms with Crippen LogP contribution in [0.3, 0.4) is 0 Å². The van der Waals surface area contributed by atoms with Crippen molar-refractivity contribution < 1.29 is 9.59 Å². The Hall–Kier alpha value is -2.12. The average molecular weight is 268 g/mol. The molecular weight excluding hydrogens is 252 g/mol. The zero-order chi connectivity index (χ0) is 14.5. The summed E-state index contributed by atoms with van der Waals surface area (Å²) >= 11 is 0. The summed E-state index contributed by atoms with van der Waals surface area (Å²) in [5, 5.41) is 0. The smallest absolute Gasteiger partial charge is 0.238 e. The maximum Gasteiger partial charge on any atom is 0.238 e. The molecule has 0 spiro atoms. The summed E-state index contributed by atoms with van der Waals surface area (Å²) in [6, 6.07) is 7.19. The van der Waals surface area contributed by atoms with Gasteiger partial charge in [0.15, 0.2) is 0 Å². The van der Waals surface area contributed by atoms with Gasteiger partial charge in [-0.1, -0.05) is 37.8 Å². The lowest BCUT2D eigenvalue weighted by molar-refractivity contribution is -0.125. The number of amides is 2. The Labute approximate surface area is 117 Å². The number of hydrogen-bond donors (Lipinski definition) is 1. The fraction of sp³-hybridized carbons (Fsp3) is 0.375. The van der Waals surface area contributed by atoms with Gasteiger partial charge in [-0.05, 0) is 17.5 Å². The third kappa shape index (κ3) is 1.60.